The van der Waals surface area contributed by atoms with Crippen molar-refractivity contribution in [2.45, 2.75) is 16.7 Å². The van der Waals surface area contributed by atoms with Crippen LogP contribution in [0.2, 0.25) is 5.02 Å². The zero-order valence-corrected chi connectivity index (χ0v) is 16.6. The van der Waals surface area contributed by atoms with E-state index in [-0.39, 0.29) is 9.79 Å². The Balaban J connectivity index is 1.97. The van der Waals surface area contributed by atoms with Gasteiger partial charge in [0.25, 0.3) is 0 Å². The monoisotopic (exact) mass is 408 g/mol. The van der Waals surface area contributed by atoms with Crippen molar-refractivity contribution in [1.82, 2.24) is 4.98 Å². The molecule has 4 aromatic rings. The van der Waals surface area contributed by atoms with Gasteiger partial charge < -0.3 is 5.32 Å². The minimum atomic E-state index is -3.75. The summed E-state index contributed by atoms with van der Waals surface area (Å²) < 4.78 is 26.7. The number of pyridine rings is 1. The van der Waals surface area contributed by atoms with Gasteiger partial charge in [-0.3, -0.25) is 4.98 Å². The summed E-state index contributed by atoms with van der Waals surface area (Å²) in [7, 11) is -3.75. The highest BCUT2D eigenvalue weighted by molar-refractivity contribution is 7.91. The molecule has 0 fully saturated rings. The minimum Gasteiger partial charge on any atom is -0.354 e. The van der Waals surface area contributed by atoms with E-state index in [9.17, 15) is 8.42 Å². The van der Waals surface area contributed by atoms with Crippen LogP contribution < -0.4 is 5.32 Å². The molecule has 0 unspecified atom stereocenters. The predicted molar refractivity (Wildman–Crippen MR) is 113 cm³/mol. The fourth-order valence-electron chi connectivity index (χ4n) is 3.03. The number of sulfone groups is 1. The molecule has 4 nitrogen and oxygen atoms in total. The van der Waals surface area contributed by atoms with E-state index in [1.54, 1.807) is 42.5 Å². The van der Waals surface area contributed by atoms with Gasteiger partial charge in [-0.1, -0.05) is 41.4 Å². The molecular formula is C22H17ClN2O2S. The van der Waals surface area contributed by atoms with Crippen molar-refractivity contribution in [3.63, 3.8) is 0 Å². The number of nitrogens with one attached hydrogen (secondary N) is 1. The number of aromatic nitrogens is 1. The molecule has 0 saturated heterocycles. The number of benzene rings is 3. The zero-order valence-electron chi connectivity index (χ0n) is 15.1. The van der Waals surface area contributed by atoms with Crippen LogP contribution in [0, 0.1) is 6.92 Å². The van der Waals surface area contributed by atoms with Crippen LogP contribution in [0.5, 0.6) is 0 Å². The van der Waals surface area contributed by atoms with Crippen LogP contribution in [0.25, 0.3) is 10.9 Å². The van der Waals surface area contributed by atoms with Gasteiger partial charge in [-0.2, -0.15) is 0 Å². The van der Waals surface area contributed by atoms with Crippen LogP contribution in [0.3, 0.4) is 0 Å². The van der Waals surface area contributed by atoms with Crippen molar-refractivity contribution >= 4 is 43.7 Å². The second-order valence-corrected chi connectivity index (χ2v) is 8.82. The van der Waals surface area contributed by atoms with Gasteiger partial charge in [-0.25, -0.2) is 8.42 Å². The molecular weight excluding hydrogens is 392 g/mol. The smallest absolute Gasteiger partial charge is 0.210 e. The Labute approximate surface area is 168 Å². The van der Waals surface area contributed by atoms with Gasteiger partial charge in [-0.05, 0) is 55.5 Å². The van der Waals surface area contributed by atoms with E-state index < -0.39 is 9.84 Å². The maximum atomic E-state index is 13.3. The molecule has 140 valence electrons. The fraction of sp³-hybridized carbons (Fsp3) is 0.0455. The lowest BCUT2D eigenvalue weighted by Crippen LogP contribution is -2.07. The minimum absolute atomic E-state index is 0.131. The molecule has 0 bridgehead atoms. The van der Waals surface area contributed by atoms with E-state index in [1.165, 1.54) is 6.20 Å². The quantitative estimate of drug-likeness (QED) is 0.465. The first-order valence-corrected chi connectivity index (χ1v) is 10.5. The number of nitrogens with zero attached hydrogens (tertiary/aromatic N) is 1. The normalized spacial score (nSPS) is 11.5. The van der Waals surface area contributed by atoms with E-state index in [0.717, 1.165) is 16.6 Å². The highest BCUT2D eigenvalue weighted by Gasteiger charge is 2.24. The SMILES string of the molecule is Cc1ccc2ncc(S(=O)(=O)c3ccccc3)c(Nc3ccc(Cl)cc3)c2c1. The number of rotatable bonds is 4. The summed E-state index contributed by atoms with van der Waals surface area (Å²) >= 11 is 5.98. The van der Waals surface area contributed by atoms with Crippen molar-refractivity contribution < 1.29 is 8.42 Å². The van der Waals surface area contributed by atoms with E-state index >= 15 is 0 Å². The van der Waals surface area contributed by atoms with Crippen molar-refractivity contribution in [3.8, 4) is 0 Å². The van der Waals surface area contributed by atoms with Crippen molar-refractivity contribution in [2.24, 2.45) is 0 Å². The molecule has 28 heavy (non-hydrogen) atoms. The lowest BCUT2D eigenvalue weighted by Gasteiger charge is -2.16. The second kappa shape index (κ2) is 7.26. The van der Waals surface area contributed by atoms with Gasteiger partial charge in [0.1, 0.15) is 4.90 Å². The Bertz CT molecular complexity index is 1260. The molecule has 0 aliphatic carbocycles. The summed E-state index contributed by atoms with van der Waals surface area (Å²) in [5.41, 5.74) is 2.97. The summed E-state index contributed by atoms with van der Waals surface area (Å²) in [5.74, 6) is 0. The first-order chi connectivity index (χ1) is 13.4. The van der Waals surface area contributed by atoms with Gasteiger partial charge in [0.05, 0.1) is 16.1 Å². The van der Waals surface area contributed by atoms with Gasteiger partial charge in [0, 0.05) is 22.3 Å². The molecule has 0 atom stereocenters. The van der Waals surface area contributed by atoms with Crippen LogP contribution >= 0.6 is 11.6 Å². The summed E-state index contributed by atoms with van der Waals surface area (Å²) in [5, 5.41) is 4.62. The lowest BCUT2D eigenvalue weighted by molar-refractivity contribution is 0.596. The topological polar surface area (TPSA) is 59.1 Å². The van der Waals surface area contributed by atoms with Gasteiger partial charge in [0.2, 0.25) is 9.84 Å². The average molecular weight is 409 g/mol. The molecule has 4 rings (SSSR count). The molecule has 3 aromatic carbocycles. The number of anilines is 2. The average Bonchev–Trinajstić information content (AvgIpc) is 2.70. The Hall–Kier alpha value is -2.89. The number of fused-ring (bicyclic) bond motifs is 1. The highest BCUT2D eigenvalue weighted by Crippen LogP contribution is 2.35. The number of halogens is 1. The Morgan fingerprint density at radius 3 is 2.36 bits per heavy atom. The number of hydrogen-bond donors (Lipinski definition) is 1. The van der Waals surface area contributed by atoms with Gasteiger partial charge in [0.15, 0.2) is 0 Å². The molecule has 0 aliphatic heterocycles. The fourth-order valence-corrected chi connectivity index (χ4v) is 4.54. The zero-order chi connectivity index (χ0) is 19.7. The van der Waals surface area contributed by atoms with Crippen molar-refractivity contribution in [2.75, 3.05) is 5.32 Å². The summed E-state index contributed by atoms with van der Waals surface area (Å²) in [6.07, 6.45) is 1.41. The predicted octanol–water partition coefficient (Wildman–Crippen LogP) is 5.77. The van der Waals surface area contributed by atoms with Crippen LogP contribution in [0.1, 0.15) is 5.56 Å². The van der Waals surface area contributed by atoms with Crippen LogP contribution in [-0.4, -0.2) is 13.4 Å². The van der Waals surface area contributed by atoms with Gasteiger partial charge in [-0.15, -0.1) is 0 Å². The summed E-state index contributed by atoms with van der Waals surface area (Å²) in [6.45, 7) is 1.96. The van der Waals surface area contributed by atoms with Crippen LogP contribution in [-0.2, 0) is 9.84 Å². The summed E-state index contributed by atoms with van der Waals surface area (Å²) in [4.78, 5) is 4.75. The molecule has 0 saturated carbocycles. The van der Waals surface area contributed by atoms with E-state index in [1.807, 2.05) is 37.3 Å². The molecule has 0 aliphatic rings. The number of aryl methyl sites for hydroxylation is 1. The molecule has 1 aromatic heterocycles. The van der Waals surface area contributed by atoms with E-state index in [2.05, 4.69) is 10.3 Å². The van der Waals surface area contributed by atoms with E-state index in [0.29, 0.717) is 16.2 Å². The molecule has 0 amide bonds. The molecule has 0 spiro atoms. The number of hydrogen-bond acceptors (Lipinski definition) is 4. The standard InChI is InChI=1S/C22H17ClN2O2S/c1-15-7-12-20-19(13-15)22(25-17-10-8-16(23)9-11-17)21(14-24-20)28(26,27)18-5-3-2-4-6-18/h2-14H,1H3,(H,24,25). The maximum Gasteiger partial charge on any atom is 0.210 e. The third-order valence-corrected chi connectivity index (χ3v) is 6.48. The molecule has 1 N–H and O–H groups in total. The first-order valence-electron chi connectivity index (χ1n) is 8.67. The Kier molecular flexibility index (Phi) is 4.79. The third-order valence-electron chi connectivity index (χ3n) is 4.45. The largest absolute Gasteiger partial charge is 0.354 e. The second-order valence-electron chi connectivity index (χ2n) is 6.47. The van der Waals surface area contributed by atoms with E-state index in [4.69, 9.17) is 11.6 Å². The Morgan fingerprint density at radius 1 is 0.929 bits per heavy atom. The van der Waals surface area contributed by atoms with Crippen molar-refractivity contribution in [1.29, 1.82) is 0 Å². The van der Waals surface area contributed by atoms with Crippen molar-refractivity contribution in [3.05, 3.63) is 89.6 Å². The lowest BCUT2D eigenvalue weighted by atomic mass is 10.1. The molecule has 6 heteroatoms. The van der Waals surface area contributed by atoms with Gasteiger partial charge >= 0.3 is 0 Å². The van der Waals surface area contributed by atoms with Crippen LogP contribution in [0.15, 0.2) is 88.8 Å². The van der Waals surface area contributed by atoms with Crippen LogP contribution in [0.4, 0.5) is 11.4 Å². The molecule has 1 heterocycles. The maximum absolute atomic E-state index is 13.3. The molecule has 0 radical (unpaired) electrons. The highest BCUT2D eigenvalue weighted by atomic mass is 35.5. The summed E-state index contributed by atoms with van der Waals surface area (Å²) in [6, 6.07) is 21.3. The Morgan fingerprint density at radius 2 is 1.64 bits per heavy atom. The third kappa shape index (κ3) is 3.46. The first kappa shape index (κ1) is 18.5.